The molecule has 4 nitrogen and oxygen atoms in total. The molecule has 0 bridgehead atoms. The van der Waals surface area contributed by atoms with Crippen molar-refractivity contribution in [2.45, 2.75) is 180 Å². The summed E-state index contributed by atoms with van der Waals surface area (Å²) in [7, 11) is 0. The average Bonchev–Trinajstić information content (AvgIpc) is 2.97. The summed E-state index contributed by atoms with van der Waals surface area (Å²) in [6, 6.07) is 0. The van der Waals surface area contributed by atoms with Crippen molar-refractivity contribution in [1.82, 2.24) is 0 Å². The second-order valence-corrected chi connectivity index (χ2v) is 11.7. The minimum atomic E-state index is -0.734. The van der Waals surface area contributed by atoms with Crippen molar-refractivity contribution in [3.8, 4) is 0 Å². The maximum atomic E-state index is 12.5. The van der Waals surface area contributed by atoms with Crippen LogP contribution in [0, 0.1) is 0 Å². The Hall–Kier alpha value is -2.10. The summed E-state index contributed by atoms with van der Waals surface area (Å²) in [6.07, 6.45) is 44.0. The molecule has 0 aliphatic carbocycles. The molecule has 4 heteroatoms. The van der Waals surface area contributed by atoms with E-state index in [9.17, 15) is 9.59 Å². The summed E-state index contributed by atoms with van der Waals surface area (Å²) >= 11 is 0. The fourth-order valence-corrected chi connectivity index (χ4v) is 4.94. The van der Waals surface area contributed by atoms with Crippen LogP contribution in [0.4, 0.5) is 0 Å². The smallest absolute Gasteiger partial charge is 0.306 e. The lowest BCUT2D eigenvalue weighted by Gasteiger charge is -2.18. The summed E-state index contributed by atoms with van der Waals surface area (Å²) in [5.41, 5.74) is 0. The molecule has 0 aliphatic heterocycles. The number of allylic oxidation sites excluding steroid dienone is 8. The van der Waals surface area contributed by atoms with Crippen molar-refractivity contribution < 1.29 is 19.4 Å². The Bertz CT molecular complexity index is 719. The molecule has 1 atom stereocenters. The van der Waals surface area contributed by atoms with E-state index in [2.05, 4.69) is 62.5 Å². The number of ether oxygens (including phenoxy) is 1. The van der Waals surface area contributed by atoms with E-state index in [1.54, 1.807) is 0 Å². The Kier molecular flexibility index (Phi) is 31.7. The highest BCUT2D eigenvalue weighted by atomic mass is 16.5. The molecule has 1 N–H and O–H groups in total. The Morgan fingerprint density at radius 1 is 0.524 bits per heavy atom. The van der Waals surface area contributed by atoms with Gasteiger partial charge in [-0.1, -0.05) is 133 Å². The van der Waals surface area contributed by atoms with Crippen LogP contribution in [-0.2, 0) is 14.3 Å². The first-order valence-corrected chi connectivity index (χ1v) is 17.6. The van der Waals surface area contributed by atoms with Gasteiger partial charge in [-0.15, -0.1) is 0 Å². The van der Waals surface area contributed by atoms with Crippen LogP contribution in [0.5, 0.6) is 0 Å². The minimum Gasteiger partial charge on any atom is -0.481 e. The number of aliphatic carboxylic acids is 1. The van der Waals surface area contributed by atoms with Gasteiger partial charge in [-0.2, -0.15) is 0 Å². The Balaban J connectivity index is 4.08. The van der Waals surface area contributed by atoms with Crippen molar-refractivity contribution in [2.24, 2.45) is 0 Å². The van der Waals surface area contributed by atoms with E-state index in [1.165, 1.54) is 77.0 Å². The number of hydrogen-bond donors (Lipinski definition) is 1. The van der Waals surface area contributed by atoms with Crippen LogP contribution in [-0.4, -0.2) is 23.1 Å². The summed E-state index contributed by atoms with van der Waals surface area (Å²) in [4.78, 5) is 23.3. The van der Waals surface area contributed by atoms with Gasteiger partial charge in [-0.3, -0.25) is 9.59 Å². The molecule has 242 valence electrons. The fraction of sp³-hybridized carbons (Fsp3) is 0.737. The first kappa shape index (κ1) is 39.9. The quantitative estimate of drug-likeness (QED) is 0.0498. The molecule has 0 saturated carbocycles. The Morgan fingerprint density at radius 3 is 1.48 bits per heavy atom. The first-order chi connectivity index (χ1) is 20.6. The maximum absolute atomic E-state index is 12.5. The monoisotopic (exact) mass is 586 g/mol. The zero-order valence-electron chi connectivity index (χ0n) is 27.5. The molecule has 0 saturated heterocycles. The third-order valence-corrected chi connectivity index (χ3v) is 7.55. The lowest BCUT2D eigenvalue weighted by Crippen LogP contribution is -2.18. The zero-order chi connectivity index (χ0) is 30.8. The normalized spacial score (nSPS) is 12.8. The predicted octanol–water partition coefficient (Wildman–Crippen LogP) is 12.0. The van der Waals surface area contributed by atoms with Crippen molar-refractivity contribution >= 4 is 11.9 Å². The van der Waals surface area contributed by atoms with Gasteiger partial charge in [0.2, 0.25) is 0 Å². The van der Waals surface area contributed by atoms with Gasteiger partial charge in [0.05, 0.1) is 0 Å². The van der Waals surface area contributed by atoms with Gasteiger partial charge in [0, 0.05) is 12.8 Å². The molecule has 0 aromatic heterocycles. The Labute approximate surface area is 260 Å². The van der Waals surface area contributed by atoms with Gasteiger partial charge in [-0.25, -0.2) is 0 Å². The first-order valence-electron chi connectivity index (χ1n) is 17.6. The topological polar surface area (TPSA) is 63.6 Å². The largest absolute Gasteiger partial charge is 0.481 e. The second-order valence-electron chi connectivity index (χ2n) is 11.7. The zero-order valence-corrected chi connectivity index (χ0v) is 27.5. The van der Waals surface area contributed by atoms with Gasteiger partial charge in [0.15, 0.2) is 0 Å². The van der Waals surface area contributed by atoms with Crippen LogP contribution in [0.25, 0.3) is 0 Å². The minimum absolute atomic E-state index is 0.0246. The summed E-state index contributed by atoms with van der Waals surface area (Å²) < 4.78 is 5.88. The molecule has 42 heavy (non-hydrogen) atoms. The molecule has 0 fully saturated rings. The van der Waals surface area contributed by atoms with Crippen molar-refractivity contribution in [3.05, 3.63) is 48.6 Å². The molecule has 0 aromatic carbocycles. The van der Waals surface area contributed by atoms with Gasteiger partial charge >= 0.3 is 11.9 Å². The predicted molar refractivity (Wildman–Crippen MR) is 181 cm³/mol. The average molecular weight is 587 g/mol. The highest BCUT2D eigenvalue weighted by Gasteiger charge is 2.14. The third kappa shape index (κ3) is 32.4. The number of carboxylic acid groups (broad SMARTS) is 1. The van der Waals surface area contributed by atoms with Gasteiger partial charge in [-0.05, 0) is 77.0 Å². The second kappa shape index (κ2) is 33.4. The molecular formula is C38H66O4. The number of unbranched alkanes of at least 4 members (excludes halogenated alkanes) is 14. The van der Waals surface area contributed by atoms with E-state index < -0.39 is 5.97 Å². The van der Waals surface area contributed by atoms with Crippen LogP contribution in [0.1, 0.15) is 174 Å². The van der Waals surface area contributed by atoms with E-state index in [0.717, 1.165) is 64.2 Å². The van der Waals surface area contributed by atoms with E-state index in [0.29, 0.717) is 12.8 Å². The van der Waals surface area contributed by atoms with Crippen LogP contribution in [0.3, 0.4) is 0 Å². The number of hydrogen-bond acceptors (Lipinski definition) is 3. The number of carboxylic acids is 1. The molecule has 0 spiro atoms. The highest BCUT2D eigenvalue weighted by Crippen LogP contribution is 2.18. The van der Waals surface area contributed by atoms with Gasteiger partial charge < -0.3 is 9.84 Å². The van der Waals surface area contributed by atoms with Crippen LogP contribution < -0.4 is 0 Å². The highest BCUT2D eigenvalue weighted by molar-refractivity contribution is 5.69. The van der Waals surface area contributed by atoms with Gasteiger partial charge in [0.1, 0.15) is 6.10 Å². The van der Waals surface area contributed by atoms with E-state index >= 15 is 0 Å². The lowest BCUT2D eigenvalue weighted by atomic mass is 10.0. The molecular weight excluding hydrogens is 520 g/mol. The molecule has 0 radical (unpaired) electrons. The van der Waals surface area contributed by atoms with Crippen LogP contribution in [0.2, 0.25) is 0 Å². The van der Waals surface area contributed by atoms with Crippen molar-refractivity contribution in [2.75, 3.05) is 0 Å². The Morgan fingerprint density at radius 2 is 0.952 bits per heavy atom. The maximum Gasteiger partial charge on any atom is 0.306 e. The van der Waals surface area contributed by atoms with E-state index in [-0.39, 0.29) is 18.5 Å². The summed E-state index contributed by atoms with van der Waals surface area (Å²) in [6.45, 7) is 4.49. The van der Waals surface area contributed by atoms with Crippen LogP contribution in [0.15, 0.2) is 48.6 Å². The number of rotatable bonds is 31. The van der Waals surface area contributed by atoms with Crippen LogP contribution >= 0.6 is 0 Å². The number of esters is 1. The van der Waals surface area contributed by atoms with Crippen molar-refractivity contribution in [3.63, 3.8) is 0 Å². The summed E-state index contributed by atoms with van der Waals surface area (Å²) in [5.74, 6) is -0.820. The molecule has 1 unspecified atom stereocenters. The standard InChI is InChI=1S/C38H66O4/c1-3-5-7-9-11-13-14-15-16-17-18-19-20-22-24-26-31-35-38(41)42-36(33-29-27-30-34-37(39)40)32-28-25-23-21-12-10-8-6-4-2/h11,13,15-16,18-19,22,24,36H,3-10,12,14,17,20-21,23,25-35H2,1-2H3,(H,39,40)/b13-11-,16-15-,19-18-,24-22-. The van der Waals surface area contributed by atoms with E-state index in [4.69, 9.17) is 9.84 Å². The fourth-order valence-electron chi connectivity index (χ4n) is 4.94. The number of carbonyl (C=O) groups is 2. The molecule has 0 rings (SSSR count). The lowest BCUT2D eigenvalue weighted by molar-refractivity contribution is -0.150. The SMILES string of the molecule is CCCCC/C=C\C/C=C\C/C=C\C/C=C\CCCC(=O)OC(CCCCCCCCCCC)CCCCCC(=O)O. The third-order valence-electron chi connectivity index (χ3n) is 7.55. The molecule has 0 aliphatic rings. The molecule has 0 amide bonds. The van der Waals surface area contributed by atoms with Gasteiger partial charge in [0.25, 0.3) is 0 Å². The van der Waals surface area contributed by atoms with Crippen molar-refractivity contribution in [1.29, 1.82) is 0 Å². The summed E-state index contributed by atoms with van der Waals surface area (Å²) in [5, 5.41) is 8.85. The molecule has 0 aromatic rings. The number of carbonyl (C=O) groups excluding carboxylic acids is 1. The molecule has 0 heterocycles. The van der Waals surface area contributed by atoms with E-state index in [1.807, 2.05) is 0 Å².